The molecule has 0 unspecified atom stereocenters. The van der Waals surface area contributed by atoms with Crippen LogP contribution in [-0.4, -0.2) is 48.8 Å². The number of amides is 3. The summed E-state index contributed by atoms with van der Waals surface area (Å²) < 4.78 is 5.39. The van der Waals surface area contributed by atoms with E-state index >= 15 is 0 Å². The van der Waals surface area contributed by atoms with Gasteiger partial charge in [-0.25, -0.2) is 9.59 Å². The number of carbonyl (C=O) groups is 2. The van der Waals surface area contributed by atoms with E-state index in [4.69, 9.17) is 4.74 Å². The number of hydrogen-bond acceptors (Lipinski definition) is 3. The lowest BCUT2D eigenvalue weighted by molar-refractivity contribution is 0.0158. The van der Waals surface area contributed by atoms with Gasteiger partial charge in [0.05, 0.1) is 0 Å². The number of piperidine rings is 1. The zero-order valence-electron chi connectivity index (χ0n) is 12.6. The van der Waals surface area contributed by atoms with E-state index in [1.165, 1.54) is 0 Å². The molecular weight excluding hydrogens is 258 g/mol. The highest BCUT2D eigenvalue weighted by Crippen LogP contribution is 2.26. The summed E-state index contributed by atoms with van der Waals surface area (Å²) in [4.78, 5) is 24.8. The molecule has 0 bridgehead atoms. The minimum Gasteiger partial charge on any atom is -0.444 e. The van der Waals surface area contributed by atoms with Crippen molar-refractivity contribution in [2.45, 2.75) is 39.2 Å². The first kappa shape index (κ1) is 14.9. The first-order valence-corrected chi connectivity index (χ1v) is 7.35. The van der Waals surface area contributed by atoms with Gasteiger partial charge in [-0.1, -0.05) is 0 Å². The zero-order valence-corrected chi connectivity index (χ0v) is 12.6. The largest absolute Gasteiger partial charge is 0.444 e. The van der Waals surface area contributed by atoms with E-state index in [1.54, 1.807) is 4.90 Å². The first-order valence-electron chi connectivity index (χ1n) is 7.35. The summed E-state index contributed by atoms with van der Waals surface area (Å²) in [5.74, 6) is 1.02. The van der Waals surface area contributed by atoms with Crippen LogP contribution in [0.5, 0.6) is 0 Å². The molecule has 0 atom stereocenters. The number of likely N-dealkylation sites (tertiary alicyclic amines) is 1. The van der Waals surface area contributed by atoms with Crippen molar-refractivity contribution in [3.63, 3.8) is 0 Å². The second-order valence-electron chi connectivity index (χ2n) is 6.66. The lowest BCUT2D eigenvalue weighted by Gasteiger charge is -2.38. The number of carbonyl (C=O) groups excluding carboxylic acids is 2. The molecule has 0 aliphatic carbocycles. The lowest BCUT2D eigenvalue weighted by atomic mass is 9.83. The molecule has 0 aromatic rings. The topological polar surface area (TPSA) is 70.7 Å². The van der Waals surface area contributed by atoms with Gasteiger partial charge >= 0.3 is 12.1 Å². The third-order valence-electron chi connectivity index (χ3n) is 3.91. The summed E-state index contributed by atoms with van der Waals surface area (Å²) in [6.45, 7) is 8.61. The quantitative estimate of drug-likeness (QED) is 0.767. The van der Waals surface area contributed by atoms with Gasteiger partial charge in [0, 0.05) is 26.2 Å². The van der Waals surface area contributed by atoms with Crippen molar-refractivity contribution in [1.82, 2.24) is 15.5 Å². The molecule has 6 nitrogen and oxygen atoms in total. The number of ether oxygens (including phenoxy) is 1. The molecule has 20 heavy (non-hydrogen) atoms. The molecule has 0 aromatic heterocycles. The fraction of sp³-hybridized carbons (Fsp3) is 0.857. The minimum absolute atomic E-state index is 0.0764. The van der Waals surface area contributed by atoms with Crippen molar-refractivity contribution in [2.75, 3.05) is 26.2 Å². The van der Waals surface area contributed by atoms with Crippen molar-refractivity contribution in [2.24, 2.45) is 11.8 Å². The molecule has 114 valence electrons. The van der Waals surface area contributed by atoms with Crippen LogP contribution in [0, 0.1) is 11.8 Å². The standard InChI is InChI=1S/C14H25N3O3/c1-14(2,3)20-13(19)17-6-4-10(5-7-17)11-8-15-12(18)16-9-11/h10-11H,4-9H2,1-3H3,(H2,15,16,18). The van der Waals surface area contributed by atoms with E-state index in [9.17, 15) is 9.59 Å². The van der Waals surface area contributed by atoms with E-state index in [1.807, 2.05) is 20.8 Å². The zero-order chi connectivity index (χ0) is 14.8. The number of hydrogen-bond donors (Lipinski definition) is 2. The van der Waals surface area contributed by atoms with Crippen molar-refractivity contribution in [1.29, 1.82) is 0 Å². The highest BCUT2D eigenvalue weighted by Gasteiger charge is 2.32. The highest BCUT2D eigenvalue weighted by atomic mass is 16.6. The molecule has 2 aliphatic rings. The highest BCUT2D eigenvalue weighted by molar-refractivity contribution is 5.74. The Kier molecular flexibility index (Phi) is 4.40. The fourth-order valence-corrected chi connectivity index (χ4v) is 2.80. The van der Waals surface area contributed by atoms with Crippen LogP contribution in [0.15, 0.2) is 0 Å². The van der Waals surface area contributed by atoms with Crippen LogP contribution < -0.4 is 10.6 Å². The molecule has 0 radical (unpaired) electrons. The second-order valence-corrected chi connectivity index (χ2v) is 6.66. The van der Waals surface area contributed by atoms with Gasteiger partial charge in [-0.05, 0) is 45.4 Å². The van der Waals surface area contributed by atoms with Gasteiger partial charge in [0.1, 0.15) is 5.60 Å². The summed E-state index contributed by atoms with van der Waals surface area (Å²) in [5.41, 5.74) is -0.439. The summed E-state index contributed by atoms with van der Waals surface area (Å²) >= 11 is 0. The molecule has 2 aliphatic heterocycles. The number of rotatable bonds is 1. The molecule has 2 heterocycles. The third kappa shape index (κ3) is 4.02. The number of nitrogens with zero attached hydrogens (tertiary/aromatic N) is 1. The number of nitrogens with one attached hydrogen (secondary N) is 2. The van der Waals surface area contributed by atoms with Gasteiger partial charge in [0.15, 0.2) is 0 Å². The van der Waals surface area contributed by atoms with E-state index in [-0.39, 0.29) is 12.1 Å². The molecule has 2 N–H and O–H groups in total. The Labute approximate surface area is 120 Å². The van der Waals surface area contributed by atoms with Gasteiger partial charge in [-0.3, -0.25) is 0 Å². The van der Waals surface area contributed by atoms with Crippen LogP contribution in [0.4, 0.5) is 9.59 Å². The fourth-order valence-electron chi connectivity index (χ4n) is 2.80. The predicted octanol–water partition coefficient (Wildman–Crippen LogP) is 1.56. The molecule has 6 heteroatoms. The normalized spacial score (nSPS) is 22.1. The number of urea groups is 1. The Hall–Kier alpha value is -1.46. The Morgan fingerprint density at radius 1 is 1.15 bits per heavy atom. The van der Waals surface area contributed by atoms with Crippen LogP contribution in [0.1, 0.15) is 33.6 Å². The Balaban J connectivity index is 1.77. The third-order valence-corrected chi connectivity index (χ3v) is 3.91. The Morgan fingerprint density at radius 2 is 1.70 bits per heavy atom. The van der Waals surface area contributed by atoms with Crippen molar-refractivity contribution in [3.8, 4) is 0 Å². The SMILES string of the molecule is CC(C)(C)OC(=O)N1CCC(C2CNC(=O)NC2)CC1. The van der Waals surface area contributed by atoms with Crippen molar-refractivity contribution in [3.05, 3.63) is 0 Å². The molecule has 2 saturated heterocycles. The maximum Gasteiger partial charge on any atom is 0.410 e. The molecular formula is C14H25N3O3. The average Bonchev–Trinajstić information content (AvgIpc) is 2.38. The van der Waals surface area contributed by atoms with Gasteiger partial charge in [-0.2, -0.15) is 0 Å². The van der Waals surface area contributed by atoms with Crippen LogP contribution in [-0.2, 0) is 4.74 Å². The second kappa shape index (κ2) is 5.89. The molecule has 0 saturated carbocycles. The van der Waals surface area contributed by atoms with Crippen LogP contribution >= 0.6 is 0 Å². The van der Waals surface area contributed by atoms with Crippen LogP contribution in [0.3, 0.4) is 0 Å². The predicted molar refractivity (Wildman–Crippen MR) is 75.4 cm³/mol. The van der Waals surface area contributed by atoms with Gasteiger partial charge < -0.3 is 20.3 Å². The monoisotopic (exact) mass is 283 g/mol. The minimum atomic E-state index is -0.439. The summed E-state index contributed by atoms with van der Waals surface area (Å²) in [5, 5.41) is 5.68. The lowest BCUT2D eigenvalue weighted by Crippen LogP contribution is -2.52. The maximum atomic E-state index is 12.0. The maximum absolute atomic E-state index is 12.0. The van der Waals surface area contributed by atoms with Crippen molar-refractivity contribution >= 4 is 12.1 Å². The van der Waals surface area contributed by atoms with E-state index in [0.29, 0.717) is 11.8 Å². The first-order chi connectivity index (χ1) is 9.35. The summed E-state index contributed by atoms with van der Waals surface area (Å²) in [6, 6.07) is -0.0764. The Bertz CT molecular complexity index is 360. The van der Waals surface area contributed by atoms with E-state index in [2.05, 4.69) is 10.6 Å². The van der Waals surface area contributed by atoms with Crippen molar-refractivity contribution < 1.29 is 14.3 Å². The van der Waals surface area contributed by atoms with Crippen LogP contribution in [0.2, 0.25) is 0 Å². The molecule has 2 rings (SSSR count). The summed E-state index contributed by atoms with van der Waals surface area (Å²) in [7, 11) is 0. The van der Waals surface area contributed by atoms with Gasteiger partial charge in [0.2, 0.25) is 0 Å². The molecule has 0 spiro atoms. The van der Waals surface area contributed by atoms with Crippen LogP contribution in [0.25, 0.3) is 0 Å². The average molecular weight is 283 g/mol. The van der Waals surface area contributed by atoms with Gasteiger partial charge in [-0.15, -0.1) is 0 Å². The summed E-state index contributed by atoms with van der Waals surface area (Å²) in [6.07, 6.45) is 1.73. The molecule has 2 fully saturated rings. The molecule has 0 aromatic carbocycles. The Morgan fingerprint density at radius 3 is 2.20 bits per heavy atom. The smallest absolute Gasteiger partial charge is 0.410 e. The van der Waals surface area contributed by atoms with E-state index < -0.39 is 5.60 Å². The van der Waals surface area contributed by atoms with E-state index in [0.717, 1.165) is 39.0 Å². The van der Waals surface area contributed by atoms with Gasteiger partial charge in [0.25, 0.3) is 0 Å². The molecule has 3 amide bonds.